The first-order valence-corrected chi connectivity index (χ1v) is 7.12. The molecule has 1 saturated heterocycles. The molecule has 1 aromatic rings. The number of non-ortho nitro benzene ring substituents is 1. The Balaban J connectivity index is 2.05. The van der Waals surface area contributed by atoms with Crippen molar-refractivity contribution in [1.29, 1.82) is 0 Å². The summed E-state index contributed by atoms with van der Waals surface area (Å²) in [6, 6.07) is 3.64. The van der Waals surface area contributed by atoms with Crippen molar-refractivity contribution in [3.63, 3.8) is 0 Å². The van der Waals surface area contributed by atoms with Crippen LogP contribution in [-0.2, 0) is 6.54 Å². The number of benzene rings is 1. The van der Waals surface area contributed by atoms with Crippen molar-refractivity contribution < 1.29 is 18.8 Å². The first kappa shape index (κ1) is 16.7. The molecule has 0 aromatic heterocycles. The fourth-order valence-electron chi connectivity index (χ4n) is 2.60. The van der Waals surface area contributed by atoms with Crippen molar-refractivity contribution in [1.82, 2.24) is 9.80 Å². The SMILES string of the molecule is O=[N+]([O-])c1ccc(CN2CCN(CCO)CC2)c(C(F)F)c1. The number of nitro benzene ring substituents is 1. The number of aliphatic hydroxyl groups is 1. The van der Waals surface area contributed by atoms with Crippen molar-refractivity contribution in [3.05, 3.63) is 39.4 Å². The van der Waals surface area contributed by atoms with Crippen LogP contribution in [0.25, 0.3) is 0 Å². The molecule has 22 heavy (non-hydrogen) atoms. The topological polar surface area (TPSA) is 69.9 Å². The second-order valence-electron chi connectivity index (χ2n) is 5.28. The molecule has 0 radical (unpaired) electrons. The molecule has 0 atom stereocenters. The Hall–Kier alpha value is -1.64. The normalized spacial score (nSPS) is 17.1. The van der Waals surface area contributed by atoms with Gasteiger partial charge in [0.25, 0.3) is 12.1 Å². The second kappa shape index (κ2) is 7.57. The summed E-state index contributed by atoms with van der Waals surface area (Å²) in [5, 5.41) is 19.6. The number of rotatable bonds is 6. The van der Waals surface area contributed by atoms with E-state index in [0.717, 1.165) is 32.2 Å². The van der Waals surface area contributed by atoms with Gasteiger partial charge < -0.3 is 5.11 Å². The molecular formula is C14H19F2N3O3. The highest BCUT2D eigenvalue weighted by Crippen LogP contribution is 2.28. The highest BCUT2D eigenvalue weighted by molar-refractivity contribution is 5.40. The lowest BCUT2D eigenvalue weighted by Gasteiger charge is -2.34. The van der Waals surface area contributed by atoms with E-state index in [1.165, 1.54) is 12.1 Å². The van der Waals surface area contributed by atoms with Crippen molar-refractivity contribution >= 4 is 5.69 Å². The van der Waals surface area contributed by atoms with E-state index in [0.29, 0.717) is 18.7 Å². The van der Waals surface area contributed by atoms with Gasteiger partial charge >= 0.3 is 0 Å². The molecule has 1 N–H and O–H groups in total. The predicted octanol–water partition coefficient (Wildman–Crippen LogP) is 1.64. The highest BCUT2D eigenvalue weighted by Gasteiger charge is 2.21. The lowest BCUT2D eigenvalue weighted by atomic mass is 10.1. The lowest BCUT2D eigenvalue weighted by molar-refractivity contribution is -0.385. The molecule has 122 valence electrons. The lowest BCUT2D eigenvalue weighted by Crippen LogP contribution is -2.46. The minimum absolute atomic E-state index is 0.109. The molecule has 8 heteroatoms. The summed E-state index contributed by atoms with van der Waals surface area (Å²) in [5.41, 5.74) is -0.157. The van der Waals surface area contributed by atoms with E-state index in [1.54, 1.807) is 0 Å². The molecule has 1 aliphatic heterocycles. The van der Waals surface area contributed by atoms with Crippen molar-refractivity contribution in [2.45, 2.75) is 13.0 Å². The summed E-state index contributed by atoms with van der Waals surface area (Å²) in [6.45, 7) is 4.07. The average Bonchev–Trinajstić information content (AvgIpc) is 2.49. The van der Waals surface area contributed by atoms with Gasteiger partial charge in [-0.1, -0.05) is 6.07 Å². The zero-order chi connectivity index (χ0) is 16.1. The van der Waals surface area contributed by atoms with Gasteiger partial charge in [-0.2, -0.15) is 0 Å². The molecule has 1 fully saturated rings. The average molecular weight is 315 g/mol. The van der Waals surface area contributed by atoms with E-state index < -0.39 is 11.3 Å². The van der Waals surface area contributed by atoms with E-state index >= 15 is 0 Å². The summed E-state index contributed by atoms with van der Waals surface area (Å²) >= 11 is 0. The number of hydrogen-bond acceptors (Lipinski definition) is 5. The quantitative estimate of drug-likeness (QED) is 0.638. The zero-order valence-electron chi connectivity index (χ0n) is 12.1. The van der Waals surface area contributed by atoms with E-state index in [4.69, 9.17) is 5.11 Å². The number of halogens is 2. The van der Waals surface area contributed by atoms with Crippen LogP contribution in [0.4, 0.5) is 14.5 Å². The Bertz CT molecular complexity index is 520. The van der Waals surface area contributed by atoms with Crippen LogP contribution in [0.2, 0.25) is 0 Å². The first-order valence-electron chi connectivity index (χ1n) is 7.12. The fourth-order valence-corrected chi connectivity index (χ4v) is 2.60. The van der Waals surface area contributed by atoms with Crippen LogP contribution in [-0.4, -0.2) is 59.2 Å². The molecule has 2 rings (SSSR count). The second-order valence-corrected chi connectivity index (χ2v) is 5.28. The summed E-state index contributed by atoms with van der Waals surface area (Å²) in [5.74, 6) is 0. The van der Waals surface area contributed by atoms with Gasteiger partial charge in [-0.15, -0.1) is 0 Å². The molecule has 1 aliphatic rings. The maximum atomic E-state index is 13.1. The molecule has 1 aromatic carbocycles. The first-order chi connectivity index (χ1) is 10.5. The third-order valence-electron chi connectivity index (χ3n) is 3.85. The third-order valence-corrected chi connectivity index (χ3v) is 3.85. The maximum absolute atomic E-state index is 13.1. The fraction of sp³-hybridized carbons (Fsp3) is 0.571. The van der Waals surface area contributed by atoms with Crippen molar-refractivity contribution in [3.8, 4) is 0 Å². The van der Waals surface area contributed by atoms with Gasteiger partial charge in [0.15, 0.2) is 0 Å². The van der Waals surface area contributed by atoms with E-state index in [2.05, 4.69) is 4.90 Å². The van der Waals surface area contributed by atoms with Crippen LogP contribution in [0, 0.1) is 10.1 Å². The van der Waals surface area contributed by atoms with Gasteiger partial charge in [0.2, 0.25) is 0 Å². The van der Waals surface area contributed by atoms with Crippen LogP contribution >= 0.6 is 0 Å². The number of hydrogen-bond donors (Lipinski definition) is 1. The monoisotopic (exact) mass is 315 g/mol. The van der Waals surface area contributed by atoms with Gasteiger partial charge in [-0.3, -0.25) is 19.9 Å². The van der Waals surface area contributed by atoms with Crippen LogP contribution in [0.5, 0.6) is 0 Å². The van der Waals surface area contributed by atoms with Crippen molar-refractivity contribution in [2.24, 2.45) is 0 Å². The molecule has 6 nitrogen and oxygen atoms in total. The zero-order valence-corrected chi connectivity index (χ0v) is 12.1. The Morgan fingerprint density at radius 1 is 1.23 bits per heavy atom. The van der Waals surface area contributed by atoms with Gasteiger partial charge in [0, 0.05) is 57.0 Å². The number of piperazine rings is 1. The van der Waals surface area contributed by atoms with Crippen molar-refractivity contribution in [2.75, 3.05) is 39.3 Å². The van der Waals surface area contributed by atoms with Gasteiger partial charge in [-0.25, -0.2) is 8.78 Å². The summed E-state index contributed by atoms with van der Waals surface area (Å²) in [4.78, 5) is 14.2. The molecule has 0 bridgehead atoms. The summed E-state index contributed by atoms with van der Waals surface area (Å²) < 4.78 is 26.2. The van der Waals surface area contributed by atoms with Crippen LogP contribution < -0.4 is 0 Å². The van der Waals surface area contributed by atoms with E-state index in [-0.39, 0.29) is 17.9 Å². The maximum Gasteiger partial charge on any atom is 0.269 e. The molecule has 0 aliphatic carbocycles. The number of β-amino-alcohol motifs (C(OH)–C–C–N with tert-alkyl or cyclic N) is 1. The highest BCUT2D eigenvalue weighted by atomic mass is 19.3. The minimum Gasteiger partial charge on any atom is -0.395 e. The number of nitro groups is 1. The summed E-state index contributed by atoms with van der Waals surface area (Å²) in [6.07, 6.45) is -2.73. The van der Waals surface area contributed by atoms with Crippen LogP contribution in [0.3, 0.4) is 0 Å². The molecule has 0 spiro atoms. The van der Waals surface area contributed by atoms with Gasteiger partial charge in [-0.05, 0) is 5.56 Å². The Morgan fingerprint density at radius 3 is 2.41 bits per heavy atom. The predicted molar refractivity (Wildman–Crippen MR) is 76.9 cm³/mol. The van der Waals surface area contributed by atoms with Gasteiger partial charge in [0.1, 0.15) is 0 Å². The molecule has 1 heterocycles. The minimum atomic E-state index is -2.73. The molecule has 0 saturated carbocycles. The number of aliphatic hydroxyl groups excluding tert-OH is 1. The van der Waals surface area contributed by atoms with E-state index in [9.17, 15) is 18.9 Å². The standard InChI is InChI=1S/C14H19F2N3O3/c15-14(16)13-9-12(19(21)22)2-1-11(13)10-18-5-3-17(4-6-18)7-8-20/h1-2,9,14,20H,3-8,10H2. The Morgan fingerprint density at radius 2 is 1.86 bits per heavy atom. The Labute approximate surface area is 127 Å². The van der Waals surface area contributed by atoms with Gasteiger partial charge in [0.05, 0.1) is 11.5 Å². The molecular weight excluding hydrogens is 296 g/mol. The smallest absolute Gasteiger partial charge is 0.269 e. The largest absolute Gasteiger partial charge is 0.395 e. The van der Waals surface area contributed by atoms with Crippen LogP contribution in [0.1, 0.15) is 17.6 Å². The molecule has 0 amide bonds. The number of nitrogens with zero attached hydrogens (tertiary/aromatic N) is 3. The molecule has 0 unspecified atom stereocenters. The van der Waals surface area contributed by atoms with Crippen LogP contribution in [0.15, 0.2) is 18.2 Å². The Kier molecular flexibility index (Phi) is 5.76. The summed E-state index contributed by atoms with van der Waals surface area (Å²) in [7, 11) is 0. The number of alkyl halides is 2. The van der Waals surface area contributed by atoms with E-state index in [1.807, 2.05) is 4.90 Å². The third kappa shape index (κ3) is 4.19.